The minimum absolute atomic E-state index is 0.00959. The van der Waals surface area contributed by atoms with Crippen molar-refractivity contribution < 1.29 is 19.7 Å². The van der Waals surface area contributed by atoms with Gasteiger partial charge in [-0.2, -0.15) is 4.98 Å². The molecule has 3 rings (SSSR count). The minimum Gasteiger partial charge on any atom is -0.491 e. The molecule has 28 heavy (non-hydrogen) atoms. The molecular weight excluding hydrogens is 384 g/mol. The highest BCUT2D eigenvalue weighted by Crippen LogP contribution is 2.34. The Kier molecular flexibility index (Phi) is 6.90. The van der Waals surface area contributed by atoms with Crippen molar-refractivity contribution in [1.29, 1.82) is 0 Å². The lowest BCUT2D eigenvalue weighted by atomic mass is 10.1. The average molecular weight is 409 g/mol. The third-order valence-electron chi connectivity index (χ3n) is 4.48. The highest BCUT2D eigenvalue weighted by molar-refractivity contribution is 6.31. The first-order valence-corrected chi connectivity index (χ1v) is 9.52. The van der Waals surface area contributed by atoms with Crippen LogP contribution in [0.15, 0.2) is 24.3 Å². The number of nitrogen functional groups attached to an aromatic ring is 1. The van der Waals surface area contributed by atoms with E-state index in [1.165, 1.54) is 0 Å². The van der Waals surface area contributed by atoms with Gasteiger partial charge >= 0.3 is 0 Å². The van der Waals surface area contributed by atoms with Crippen LogP contribution in [0.1, 0.15) is 23.7 Å². The standard InChI is InChI=1S/C19H25ClN4O4/c1-12-7-18(23-19(21)22-12)24-5-2-6-27-11-17(24)15-4-3-14(8-16(15)20)28-10-13(26)9-25/h3-4,7-8,13,17,25-26H,2,5-6,9-11H2,1H3,(H2,21,22,23)/t13?,17-/m1/s1. The lowest BCUT2D eigenvalue weighted by Gasteiger charge is -2.31. The number of hydrogen-bond acceptors (Lipinski definition) is 8. The summed E-state index contributed by atoms with van der Waals surface area (Å²) in [6.07, 6.45) is -0.0761. The van der Waals surface area contributed by atoms with E-state index in [9.17, 15) is 5.11 Å². The van der Waals surface area contributed by atoms with Crippen molar-refractivity contribution in [3.05, 3.63) is 40.5 Å². The molecule has 0 saturated carbocycles. The summed E-state index contributed by atoms with van der Waals surface area (Å²) in [7, 11) is 0. The van der Waals surface area contributed by atoms with Crippen molar-refractivity contribution in [2.45, 2.75) is 25.5 Å². The van der Waals surface area contributed by atoms with Gasteiger partial charge in [0.2, 0.25) is 5.95 Å². The van der Waals surface area contributed by atoms with Gasteiger partial charge in [0.05, 0.1) is 19.3 Å². The van der Waals surface area contributed by atoms with Crippen LogP contribution in [0.4, 0.5) is 11.8 Å². The number of aromatic nitrogens is 2. The van der Waals surface area contributed by atoms with Crippen LogP contribution in [0.5, 0.6) is 5.75 Å². The van der Waals surface area contributed by atoms with Gasteiger partial charge in [-0.25, -0.2) is 4.98 Å². The Hall–Kier alpha value is -2.13. The fourth-order valence-corrected chi connectivity index (χ4v) is 3.44. The van der Waals surface area contributed by atoms with E-state index in [4.69, 9.17) is 31.9 Å². The molecule has 1 aromatic carbocycles. The summed E-state index contributed by atoms with van der Waals surface area (Å²) in [5.74, 6) is 1.49. The summed E-state index contributed by atoms with van der Waals surface area (Å²) in [5, 5.41) is 18.8. The number of benzene rings is 1. The fraction of sp³-hybridized carbons (Fsp3) is 0.474. The van der Waals surface area contributed by atoms with Gasteiger partial charge in [0, 0.05) is 29.9 Å². The number of aliphatic hydroxyl groups is 2. The van der Waals surface area contributed by atoms with Crippen molar-refractivity contribution in [1.82, 2.24) is 9.97 Å². The van der Waals surface area contributed by atoms with Crippen LogP contribution in [-0.2, 0) is 4.74 Å². The Bertz CT molecular complexity index is 787. The summed E-state index contributed by atoms with van der Waals surface area (Å²) < 4.78 is 11.3. The van der Waals surface area contributed by atoms with Crippen LogP contribution in [-0.4, -0.2) is 59.3 Å². The molecule has 0 aliphatic carbocycles. The molecule has 152 valence electrons. The number of ether oxygens (including phenoxy) is 2. The van der Waals surface area contributed by atoms with Gasteiger partial charge < -0.3 is 30.3 Å². The van der Waals surface area contributed by atoms with E-state index in [0.717, 1.165) is 30.0 Å². The molecule has 0 radical (unpaired) electrons. The number of nitrogens with zero attached hydrogens (tertiary/aromatic N) is 3. The van der Waals surface area contributed by atoms with Crippen LogP contribution in [0.25, 0.3) is 0 Å². The van der Waals surface area contributed by atoms with Gasteiger partial charge in [-0.3, -0.25) is 0 Å². The van der Waals surface area contributed by atoms with Gasteiger partial charge in [-0.15, -0.1) is 0 Å². The smallest absolute Gasteiger partial charge is 0.222 e. The van der Waals surface area contributed by atoms with E-state index in [0.29, 0.717) is 24.0 Å². The van der Waals surface area contributed by atoms with Gasteiger partial charge in [0.1, 0.15) is 24.3 Å². The van der Waals surface area contributed by atoms with Crippen molar-refractivity contribution in [2.24, 2.45) is 0 Å². The molecule has 0 spiro atoms. The number of halogens is 1. The van der Waals surface area contributed by atoms with E-state index < -0.39 is 6.10 Å². The van der Waals surface area contributed by atoms with Crippen LogP contribution in [0.2, 0.25) is 5.02 Å². The Labute approximate surface area is 168 Å². The van der Waals surface area contributed by atoms with Gasteiger partial charge in [-0.05, 0) is 31.0 Å². The molecule has 9 heteroatoms. The van der Waals surface area contributed by atoms with Gasteiger partial charge in [-0.1, -0.05) is 17.7 Å². The SMILES string of the molecule is Cc1cc(N2CCCOC[C@@H]2c2ccc(OCC(O)CO)cc2Cl)nc(N)n1. The number of hydrogen-bond donors (Lipinski definition) is 3. The van der Waals surface area contributed by atoms with E-state index in [1.807, 2.05) is 19.1 Å². The maximum Gasteiger partial charge on any atom is 0.222 e. The summed E-state index contributed by atoms with van der Waals surface area (Å²) in [6, 6.07) is 7.13. The number of aryl methyl sites for hydroxylation is 1. The Balaban J connectivity index is 1.87. The summed E-state index contributed by atoms with van der Waals surface area (Å²) in [5.41, 5.74) is 7.53. The minimum atomic E-state index is -0.935. The highest BCUT2D eigenvalue weighted by Gasteiger charge is 2.27. The second-order valence-electron chi connectivity index (χ2n) is 6.69. The Morgan fingerprint density at radius 1 is 1.39 bits per heavy atom. The molecule has 1 aromatic heterocycles. The van der Waals surface area contributed by atoms with Crippen LogP contribution < -0.4 is 15.4 Å². The lowest BCUT2D eigenvalue weighted by molar-refractivity contribution is 0.0536. The quantitative estimate of drug-likeness (QED) is 0.662. The molecule has 1 aliphatic heterocycles. The van der Waals surface area contributed by atoms with Crippen LogP contribution in [0.3, 0.4) is 0 Å². The number of anilines is 2. The number of rotatable bonds is 6. The predicted octanol–water partition coefficient (Wildman–Crippen LogP) is 1.72. The topological polar surface area (TPSA) is 114 Å². The second-order valence-corrected chi connectivity index (χ2v) is 7.10. The third kappa shape index (κ3) is 5.02. The zero-order valence-corrected chi connectivity index (χ0v) is 16.5. The maximum atomic E-state index is 9.43. The zero-order valence-electron chi connectivity index (χ0n) is 15.7. The normalized spacial score (nSPS) is 18.6. The first-order valence-electron chi connectivity index (χ1n) is 9.14. The summed E-state index contributed by atoms with van der Waals surface area (Å²) in [6.45, 7) is 3.38. The van der Waals surface area contributed by atoms with E-state index in [2.05, 4.69) is 14.9 Å². The van der Waals surface area contributed by atoms with Crippen molar-refractivity contribution in [2.75, 3.05) is 43.6 Å². The molecule has 1 aliphatic rings. The molecule has 1 unspecified atom stereocenters. The lowest BCUT2D eigenvalue weighted by Crippen LogP contribution is -2.32. The molecule has 2 atom stereocenters. The van der Waals surface area contributed by atoms with Gasteiger partial charge in [0.15, 0.2) is 0 Å². The predicted molar refractivity (Wildman–Crippen MR) is 107 cm³/mol. The molecule has 1 fully saturated rings. The van der Waals surface area contributed by atoms with Crippen LogP contribution in [0, 0.1) is 6.92 Å². The first-order chi connectivity index (χ1) is 13.5. The van der Waals surface area contributed by atoms with Crippen LogP contribution >= 0.6 is 11.6 Å². The Morgan fingerprint density at radius 2 is 2.21 bits per heavy atom. The summed E-state index contributed by atoms with van der Waals surface area (Å²) in [4.78, 5) is 10.7. The average Bonchev–Trinajstić information content (AvgIpc) is 2.91. The Morgan fingerprint density at radius 3 is 2.93 bits per heavy atom. The third-order valence-corrected chi connectivity index (χ3v) is 4.80. The van der Waals surface area contributed by atoms with Crippen molar-refractivity contribution in [3.63, 3.8) is 0 Å². The second kappa shape index (κ2) is 9.38. The van der Waals surface area contributed by atoms with E-state index in [1.54, 1.807) is 12.1 Å². The monoisotopic (exact) mass is 408 g/mol. The highest BCUT2D eigenvalue weighted by atomic mass is 35.5. The summed E-state index contributed by atoms with van der Waals surface area (Å²) >= 11 is 6.55. The van der Waals surface area contributed by atoms with Crippen molar-refractivity contribution in [3.8, 4) is 5.75 Å². The van der Waals surface area contributed by atoms with E-state index in [-0.39, 0.29) is 25.2 Å². The molecule has 8 nitrogen and oxygen atoms in total. The molecule has 2 heterocycles. The van der Waals surface area contributed by atoms with Gasteiger partial charge in [0.25, 0.3) is 0 Å². The molecule has 0 amide bonds. The molecular formula is C19H25ClN4O4. The molecule has 2 aromatic rings. The first kappa shape index (κ1) is 20.6. The molecule has 1 saturated heterocycles. The molecule has 4 N–H and O–H groups in total. The number of aliphatic hydroxyl groups excluding tert-OH is 2. The number of nitrogens with two attached hydrogens (primary N) is 1. The van der Waals surface area contributed by atoms with Crippen molar-refractivity contribution >= 4 is 23.4 Å². The molecule has 0 bridgehead atoms. The zero-order chi connectivity index (χ0) is 20.1. The largest absolute Gasteiger partial charge is 0.491 e. The fourth-order valence-electron chi connectivity index (χ4n) is 3.14. The maximum absolute atomic E-state index is 9.43. The van der Waals surface area contributed by atoms with E-state index >= 15 is 0 Å².